The van der Waals surface area contributed by atoms with Gasteiger partial charge in [0.05, 0.1) is 4.92 Å². The highest BCUT2D eigenvalue weighted by atomic mass is 16.6. The van der Waals surface area contributed by atoms with E-state index >= 15 is 0 Å². The van der Waals surface area contributed by atoms with Crippen LogP contribution in [0.5, 0.6) is 0 Å². The summed E-state index contributed by atoms with van der Waals surface area (Å²) in [6.45, 7) is 5.38. The van der Waals surface area contributed by atoms with Crippen molar-refractivity contribution in [2.75, 3.05) is 5.32 Å². The van der Waals surface area contributed by atoms with Gasteiger partial charge in [0.2, 0.25) is 5.91 Å². The Balaban J connectivity index is 3.05. The predicted molar refractivity (Wildman–Crippen MR) is 69.3 cm³/mol. The van der Waals surface area contributed by atoms with Gasteiger partial charge in [-0.1, -0.05) is 6.07 Å². The number of benzene rings is 1. The third-order valence-electron chi connectivity index (χ3n) is 2.44. The summed E-state index contributed by atoms with van der Waals surface area (Å²) in [5, 5.41) is 13.9. The minimum Gasteiger partial charge on any atom is -0.374 e. The molecule has 0 heterocycles. The van der Waals surface area contributed by atoms with Crippen LogP contribution in [-0.4, -0.2) is 16.4 Å². The molecule has 0 spiro atoms. The molecule has 1 aromatic carbocycles. The maximum atomic E-state index is 10.9. The van der Waals surface area contributed by atoms with E-state index in [1.54, 1.807) is 26.0 Å². The number of nitrogens with zero attached hydrogens (tertiary/aromatic N) is 1. The molecule has 18 heavy (non-hydrogen) atoms. The molecule has 0 unspecified atom stereocenters. The summed E-state index contributed by atoms with van der Waals surface area (Å²) < 4.78 is 0. The Morgan fingerprint density at radius 3 is 2.61 bits per heavy atom. The Morgan fingerprint density at radius 1 is 1.50 bits per heavy atom. The summed E-state index contributed by atoms with van der Waals surface area (Å²) in [5.74, 6) is -0.456. The first-order valence-electron chi connectivity index (χ1n) is 5.53. The monoisotopic (exact) mass is 251 g/mol. The number of nitro groups is 1. The van der Waals surface area contributed by atoms with Crippen LogP contribution in [0.2, 0.25) is 0 Å². The van der Waals surface area contributed by atoms with Crippen molar-refractivity contribution in [3.8, 4) is 0 Å². The second-order valence-corrected chi connectivity index (χ2v) is 4.93. The number of primary amides is 1. The molecule has 0 bridgehead atoms. The molecule has 98 valence electrons. The van der Waals surface area contributed by atoms with Crippen molar-refractivity contribution in [3.05, 3.63) is 33.9 Å². The van der Waals surface area contributed by atoms with Gasteiger partial charge in [-0.25, -0.2) is 0 Å². The number of nitrogens with one attached hydrogen (secondary N) is 1. The van der Waals surface area contributed by atoms with Crippen LogP contribution in [-0.2, 0) is 4.79 Å². The molecule has 0 fully saturated rings. The zero-order valence-electron chi connectivity index (χ0n) is 10.7. The van der Waals surface area contributed by atoms with Gasteiger partial charge in [0.1, 0.15) is 5.69 Å². The van der Waals surface area contributed by atoms with Crippen LogP contribution in [0.3, 0.4) is 0 Å². The molecule has 0 aliphatic rings. The number of carbonyl (C=O) groups excluding carboxylic acids is 1. The number of nitrogens with two attached hydrogens (primary N) is 1. The maximum Gasteiger partial charge on any atom is 0.292 e. The number of nitro benzene ring substituents is 1. The standard InChI is InChI=1S/C12H17N3O3/c1-8-4-5-10(15(17)18)9(6-8)14-12(2,3)7-11(13)16/h4-6,14H,7H2,1-3H3,(H2,13,16). The number of hydrogen-bond donors (Lipinski definition) is 2. The Kier molecular flexibility index (Phi) is 3.90. The molecule has 0 radical (unpaired) electrons. The lowest BCUT2D eigenvalue weighted by Gasteiger charge is -2.26. The lowest BCUT2D eigenvalue weighted by Crippen LogP contribution is -2.36. The van der Waals surface area contributed by atoms with Crippen molar-refractivity contribution in [2.45, 2.75) is 32.7 Å². The Bertz CT molecular complexity index is 483. The molecule has 0 saturated carbocycles. The highest BCUT2D eigenvalue weighted by Gasteiger charge is 2.24. The normalized spacial score (nSPS) is 11.1. The molecule has 3 N–H and O–H groups in total. The number of aryl methyl sites for hydroxylation is 1. The van der Waals surface area contributed by atoms with Crippen molar-refractivity contribution in [1.29, 1.82) is 0 Å². The van der Waals surface area contributed by atoms with Crippen LogP contribution in [0.25, 0.3) is 0 Å². The number of carbonyl (C=O) groups is 1. The first-order valence-corrected chi connectivity index (χ1v) is 5.53. The summed E-state index contributed by atoms with van der Waals surface area (Å²) >= 11 is 0. The first-order chi connectivity index (χ1) is 8.21. The molecule has 0 aromatic heterocycles. The van der Waals surface area contributed by atoms with Crippen molar-refractivity contribution in [2.24, 2.45) is 5.73 Å². The van der Waals surface area contributed by atoms with Gasteiger partial charge >= 0.3 is 0 Å². The van der Waals surface area contributed by atoms with Crippen LogP contribution in [0.15, 0.2) is 18.2 Å². The van der Waals surface area contributed by atoms with Gasteiger partial charge in [-0.3, -0.25) is 14.9 Å². The zero-order valence-corrected chi connectivity index (χ0v) is 10.7. The van der Waals surface area contributed by atoms with Crippen LogP contribution in [0, 0.1) is 17.0 Å². The lowest BCUT2D eigenvalue weighted by molar-refractivity contribution is -0.384. The fourth-order valence-corrected chi connectivity index (χ4v) is 1.75. The first kappa shape index (κ1) is 14.0. The van der Waals surface area contributed by atoms with Gasteiger partial charge in [0, 0.05) is 18.0 Å². The summed E-state index contributed by atoms with van der Waals surface area (Å²) in [4.78, 5) is 21.4. The average molecular weight is 251 g/mol. The van der Waals surface area contributed by atoms with Crippen LogP contribution >= 0.6 is 0 Å². The second-order valence-electron chi connectivity index (χ2n) is 4.93. The van der Waals surface area contributed by atoms with Gasteiger partial charge in [0.15, 0.2) is 0 Å². The fourth-order valence-electron chi connectivity index (χ4n) is 1.75. The Labute approximate surface area is 105 Å². The summed E-state index contributed by atoms with van der Waals surface area (Å²) in [6.07, 6.45) is 0.0953. The molecule has 0 atom stereocenters. The van der Waals surface area contributed by atoms with E-state index in [1.165, 1.54) is 6.07 Å². The van der Waals surface area contributed by atoms with Gasteiger partial charge in [-0.05, 0) is 32.4 Å². The molecular weight excluding hydrogens is 234 g/mol. The van der Waals surface area contributed by atoms with Gasteiger partial charge in [-0.15, -0.1) is 0 Å². The van der Waals surface area contributed by atoms with Gasteiger partial charge in [-0.2, -0.15) is 0 Å². The van der Waals surface area contributed by atoms with E-state index in [1.807, 2.05) is 6.92 Å². The topological polar surface area (TPSA) is 98.3 Å². The SMILES string of the molecule is Cc1ccc([N+](=O)[O-])c(NC(C)(C)CC(N)=O)c1. The smallest absolute Gasteiger partial charge is 0.292 e. The highest BCUT2D eigenvalue weighted by Crippen LogP contribution is 2.28. The van der Waals surface area contributed by atoms with Crippen molar-refractivity contribution in [3.63, 3.8) is 0 Å². The number of hydrogen-bond acceptors (Lipinski definition) is 4. The number of rotatable bonds is 5. The van der Waals surface area contributed by atoms with E-state index in [-0.39, 0.29) is 12.1 Å². The molecule has 0 aliphatic heterocycles. The zero-order chi connectivity index (χ0) is 13.9. The number of amides is 1. The lowest BCUT2D eigenvalue weighted by atomic mass is 9.99. The molecule has 0 saturated heterocycles. The van der Waals surface area contributed by atoms with E-state index < -0.39 is 16.4 Å². The van der Waals surface area contributed by atoms with Crippen molar-refractivity contribution < 1.29 is 9.72 Å². The van der Waals surface area contributed by atoms with E-state index in [2.05, 4.69) is 5.32 Å². The summed E-state index contributed by atoms with van der Waals surface area (Å²) in [5.41, 5.74) is 5.79. The Morgan fingerprint density at radius 2 is 2.11 bits per heavy atom. The Hall–Kier alpha value is -2.11. The highest BCUT2D eigenvalue weighted by molar-refractivity contribution is 5.76. The van der Waals surface area contributed by atoms with Crippen molar-refractivity contribution >= 4 is 17.3 Å². The van der Waals surface area contributed by atoms with Crippen LogP contribution in [0.1, 0.15) is 25.8 Å². The second kappa shape index (κ2) is 5.03. The van der Waals surface area contributed by atoms with E-state index in [0.29, 0.717) is 5.69 Å². The fraction of sp³-hybridized carbons (Fsp3) is 0.417. The molecule has 6 nitrogen and oxygen atoms in total. The summed E-state index contributed by atoms with van der Waals surface area (Å²) in [6, 6.07) is 4.79. The minimum atomic E-state index is -0.635. The molecule has 6 heteroatoms. The third-order valence-corrected chi connectivity index (χ3v) is 2.44. The molecule has 1 rings (SSSR count). The molecule has 0 aliphatic carbocycles. The van der Waals surface area contributed by atoms with Gasteiger partial charge < -0.3 is 11.1 Å². The predicted octanol–water partition coefficient (Wildman–Crippen LogP) is 1.97. The minimum absolute atomic E-state index is 0.0156. The molecule has 1 amide bonds. The average Bonchev–Trinajstić information content (AvgIpc) is 2.13. The third kappa shape index (κ3) is 3.73. The van der Waals surface area contributed by atoms with Crippen LogP contribution < -0.4 is 11.1 Å². The summed E-state index contributed by atoms with van der Waals surface area (Å²) in [7, 11) is 0. The molecule has 1 aromatic rings. The van der Waals surface area contributed by atoms with Crippen LogP contribution in [0.4, 0.5) is 11.4 Å². The van der Waals surface area contributed by atoms with E-state index in [0.717, 1.165) is 5.56 Å². The maximum absolute atomic E-state index is 10.9. The molecular formula is C12H17N3O3. The van der Waals surface area contributed by atoms with Crippen molar-refractivity contribution in [1.82, 2.24) is 0 Å². The van der Waals surface area contributed by atoms with E-state index in [9.17, 15) is 14.9 Å². The quantitative estimate of drug-likeness (QED) is 0.617. The number of anilines is 1. The van der Waals surface area contributed by atoms with Gasteiger partial charge in [0.25, 0.3) is 5.69 Å². The van der Waals surface area contributed by atoms with E-state index in [4.69, 9.17) is 5.73 Å². The largest absolute Gasteiger partial charge is 0.374 e.